The molecule has 1 amide bonds. The molecular formula is C23H31FN2O4. The molecule has 3 aliphatic heterocycles. The summed E-state index contributed by atoms with van der Waals surface area (Å²) >= 11 is 0. The zero-order chi connectivity index (χ0) is 20.8. The largest absolute Gasteiger partial charge is 0.392 e. The van der Waals surface area contributed by atoms with Crippen LogP contribution in [-0.4, -0.2) is 50.7 Å². The van der Waals surface area contributed by atoms with Gasteiger partial charge < -0.3 is 19.6 Å². The van der Waals surface area contributed by atoms with Crippen LogP contribution in [-0.2, 0) is 19.1 Å². The third-order valence-electron chi connectivity index (χ3n) is 6.54. The number of rotatable bonds is 8. The van der Waals surface area contributed by atoms with E-state index in [0.717, 1.165) is 43.8 Å². The van der Waals surface area contributed by atoms with Gasteiger partial charge in [0.2, 0.25) is 5.91 Å². The number of oxime groups is 1. The van der Waals surface area contributed by atoms with Gasteiger partial charge in [-0.15, -0.1) is 0 Å². The Hall–Kier alpha value is -1.99. The summed E-state index contributed by atoms with van der Waals surface area (Å²) in [6, 6.07) is 6.39. The van der Waals surface area contributed by atoms with E-state index < -0.39 is 5.41 Å². The minimum Gasteiger partial charge on any atom is -0.392 e. The summed E-state index contributed by atoms with van der Waals surface area (Å²) in [5.74, 6) is 0.434. The van der Waals surface area contributed by atoms with Gasteiger partial charge in [0, 0.05) is 51.4 Å². The monoisotopic (exact) mass is 418 g/mol. The Kier molecular flexibility index (Phi) is 7.00. The molecule has 2 atom stereocenters. The van der Waals surface area contributed by atoms with Gasteiger partial charge in [0.15, 0.2) is 0 Å². The maximum absolute atomic E-state index is 13.5. The lowest BCUT2D eigenvalue weighted by molar-refractivity contribution is -0.140. The summed E-state index contributed by atoms with van der Waals surface area (Å²) in [4.78, 5) is 18.8. The highest BCUT2D eigenvalue weighted by Gasteiger charge is 2.43. The van der Waals surface area contributed by atoms with Crippen LogP contribution in [0.3, 0.4) is 0 Å². The van der Waals surface area contributed by atoms with Crippen LogP contribution in [0.25, 0.3) is 0 Å². The van der Waals surface area contributed by atoms with Crippen molar-refractivity contribution in [2.45, 2.75) is 51.0 Å². The Bertz CT molecular complexity index is 757. The van der Waals surface area contributed by atoms with Crippen molar-refractivity contribution in [2.24, 2.45) is 16.5 Å². The Morgan fingerprint density at radius 2 is 2.10 bits per heavy atom. The van der Waals surface area contributed by atoms with Gasteiger partial charge in [0.05, 0.1) is 11.1 Å². The third kappa shape index (κ3) is 5.19. The van der Waals surface area contributed by atoms with Crippen LogP contribution in [0, 0.1) is 17.2 Å². The van der Waals surface area contributed by atoms with Gasteiger partial charge in [-0.2, -0.15) is 0 Å². The number of hydrogen-bond acceptors (Lipinski definition) is 5. The summed E-state index contributed by atoms with van der Waals surface area (Å²) in [7, 11) is 0. The Morgan fingerprint density at radius 1 is 1.23 bits per heavy atom. The lowest BCUT2D eigenvalue weighted by Gasteiger charge is -2.37. The highest BCUT2D eigenvalue weighted by molar-refractivity contribution is 6.01. The molecule has 1 aromatic rings. The van der Waals surface area contributed by atoms with Crippen molar-refractivity contribution in [3.63, 3.8) is 0 Å². The van der Waals surface area contributed by atoms with E-state index in [1.165, 1.54) is 12.1 Å². The quantitative estimate of drug-likeness (QED) is 0.657. The number of ether oxygens (including phenoxy) is 2. The second-order valence-corrected chi connectivity index (χ2v) is 8.70. The maximum atomic E-state index is 13.5. The van der Waals surface area contributed by atoms with Crippen molar-refractivity contribution < 1.29 is 23.5 Å². The molecule has 6 nitrogen and oxygen atoms in total. The van der Waals surface area contributed by atoms with Crippen LogP contribution in [0.15, 0.2) is 29.4 Å². The zero-order valence-electron chi connectivity index (χ0n) is 17.4. The van der Waals surface area contributed by atoms with Crippen LogP contribution < -0.4 is 5.32 Å². The lowest BCUT2D eigenvalue weighted by Crippen LogP contribution is -2.46. The zero-order valence-corrected chi connectivity index (χ0v) is 17.4. The average Bonchev–Trinajstić information content (AvgIpc) is 3.44. The van der Waals surface area contributed by atoms with Gasteiger partial charge in [0.1, 0.15) is 11.9 Å². The first-order valence-corrected chi connectivity index (χ1v) is 11.1. The van der Waals surface area contributed by atoms with Crippen molar-refractivity contribution in [3.8, 4) is 0 Å². The first-order valence-electron chi connectivity index (χ1n) is 11.1. The second-order valence-electron chi connectivity index (χ2n) is 8.70. The van der Waals surface area contributed by atoms with Crippen LogP contribution in [0.2, 0.25) is 0 Å². The highest BCUT2D eigenvalue weighted by atomic mass is 19.1. The van der Waals surface area contributed by atoms with Crippen molar-refractivity contribution in [3.05, 3.63) is 35.6 Å². The molecule has 164 valence electrons. The molecule has 0 bridgehead atoms. The Morgan fingerprint density at radius 3 is 2.87 bits per heavy atom. The predicted molar refractivity (Wildman–Crippen MR) is 111 cm³/mol. The molecule has 2 saturated heterocycles. The fourth-order valence-electron chi connectivity index (χ4n) is 4.69. The van der Waals surface area contributed by atoms with Crippen molar-refractivity contribution in [2.75, 3.05) is 33.0 Å². The average molecular weight is 419 g/mol. The second kappa shape index (κ2) is 9.88. The molecule has 0 saturated carbocycles. The highest BCUT2D eigenvalue weighted by Crippen LogP contribution is 2.38. The molecule has 0 spiro atoms. The van der Waals surface area contributed by atoms with Crippen LogP contribution in [0.5, 0.6) is 0 Å². The first kappa shape index (κ1) is 21.2. The normalized spacial score (nSPS) is 25.6. The van der Waals surface area contributed by atoms with E-state index >= 15 is 0 Å². The van der Waals surface area contributed by atoms with E-state index in [2.05, 4.69) is 10.5 Å². The summed E-state index contributed by atoms with van der Waals surface area (Å²) in [5, 5.41) is 7.34. The minimum atomic E-state index is -0.494. The smallest absolute Gasteiger partial charge is 0.226 e. The first-order chi connectivity index (χ1) is 14.6. The molecule has 7 heteroatoms. The summed E-state index contributed by atoms with van der Waals surface area (Å²) in [6.45, 7) is 3.56. The lowest BCUT2D eigenvalue weighted by atomic mass is 9.74. The third-order valence-corrected chi connectivity index (χ3v) is 6.54. The molecule has 1 aromatic carbocycles. The Balaban J connectivity index is 1.31. The molecule has 3 aliphatic rings. The maximum Gasteiger partial charge on any atom is 0.226 e. The van der Waals surface area contributed by atoms with E-state index in [0.29, 0.717) is 51.4 Å². The fourth-order valence-corrected chi connectivity index (χ4v) is 4.69. The fraction of sp³-hybridized carbons (Fsp3) is 0.652. The van der Waals surface area contributed by atoms with Gasteiger partial charge in [-0.25, -0.2) is 4.39 Å². The molecular weight excluding hydrogens is 387 g/mol. The summed E-state index contributed by atoms with van der Waals surface area (Å²) in [5.41, 5.74) is 0.978. The number of nitrogens with zero attached hydrogens (tertiary/aromatic N) is 1. The summed E-state index contributed by atoms with van der Waals surface area (Å²) in [6.07, 6.45) is 5.56. The number of benzene rings is 1. The molecule has 1 N–H and O–H groups in total. The van der Waals surface area contributed by atoms with Gasteiger partial charge in [-0.05, 0) is 50.2 Å². The number of carbonyl (C=O) groups is 1. The Labute approximate surface area is 177 Å². The molecule has 2 fully saturated rings. The SMILES string of the molecule is O=C(NCCC[C@H]1CCOC1)C1(C[C@H]2CC(c3cccc(F)c3)=NO2)CCOCC1. The number of hydrogen-bond donors (Lipinski definition) is 1. The van der Waals surface area contributed by atoms with Crippen molar-refractivity contribution >= 4 is 11.6 Å². The molecule has 0 aliphatic carbocycles. The van der Waals surface area contributed by atoms with E-state index in [1.807, 2.05) is 6.07 Å². The number of amides is 1. The topological polar surface area (TPSA) is 69.2 Å². The molecule has 3 heterocycles. The molecule has 0 aromatic heterocycles. The van der Waals surface area contributed by atoms with Crippen LogP contribution in [0.1, 0.15) is 50.5 Å². The number of halogens is 1. The summed E-state index contributed by atoms with van der Waals surface area (Å²) < 4.78 is 24.5. The van der Waals surface area contributed by atoms with Crippen LogP contribution >= 0.6 is 0 Å². The van der Waals surface area contributed by atoms with Crippen molar-refractivity contribution in [1.29, 1.82) is 0 Å². The van der Waals surface area contributed by atoms with E-state index in [9.17, 15) is 9.18 Å². The predicted octanol–water partition coefficient (Wildman–Crippen LogP) is 3.44. The van der Waals surface area contributed by atoms with Crippen molar-refractivity contribution in [1.82, 2.24) is 5.32 Å². The number of carbonyl (C=O) groups excluding carboxylic acids is 1. The molecule has 0 radical (unpaired) electrons. The van der Waals surface area contributed by atoms with E-state index in [4.69, 9.17) is 14.3 Å². The van der Waals surface area contributed by atoms with E-state index in [1.54, 1.807) is 6.07 Å². The minimum absolute atomic E-state index is 0.0938. The van der Waals surface area contributed by atoms with E-state index in [-0.39, 0.29) is 17.8 Å². The van der Waals surface area contributed by atoms with Gasteiger partial charge in [-0.3, -0.25) is 4.79 Å². The van der Waals surface area contributed by atoms with Gasteiger partial charge >= 0.3 is 0 Å². The number of nitrogens with one attached hydrogen (secondary N) is 1. The van der Waals surface area contributed by atoms with Gasteiger partial charge in [0.25, 0.3) is 0 Å². The standard InChI is InChI=1S/C23H31FN2O4/c24-19-5-1-4-18(13-19)21-14-20(30-26-21)15-23(7-11-28-12-8-23)22(27)25-9-2-3-17-6-10-29-16-17/h1,4-5,13,17,20H,2-3,6-12,14-16H2,(H,25,27)/t17-,20+/m0/s1. The molecule has 0 unspecified atom stereocenters. The molecule has 30 heavy (non-hydrogen) atoms. The van der Waals surface area contributed by atoms with Gasteiger partial charge in [-0.1, -0.05) is 17.3 Å². The van der Waals surface area contributed by atoms with Crippen LogP contribution in [0.4, 0.5) is 4.39 Å². The molecule has 4 rings (SSSR count).